The van der Waals surface area contributed by atoms with E-state index in [2.05, 4.69) is 21.2 Å². The van der Waals surface area contributed by atoms with Crippen LogP contribution in [0.15, 0.2) is 22.7 Å². The molecule has 1 amide bonds. The average molecular weight is 318 g/mol. The average Bonchev–Trinajstić information content (AvgIpc) is 2.78. The number of carbonyl (C=O) groups excluding carboxylic acids is 1. The number of nitrogens with one attached hydrogen (secondary N) is 1. The van der Waals surface area contributed by atoms with Gasteiger partial charge in [0.25, 0.3) is 5.91 Å². The van der Waals surface area contributed by atoms with Gasteiger partial charge in [-0.3, -0.25) is 4.79 Å². The van der Waals surface area contributed by atoms with Crippen molar-refractivity contribution in [3.8, 4) is 0 Å². The molecular formula is C12H13BrFNOS. The van der Waals surface area contributed by atoms with Crippen molar-refractivity contribution in [3.63, 3.8) is 0 Å². The van der Waals surface area contributed by atoms with Crippen molar-refractivity contribution in [2.45, 2.75) is 6.42 Å². The molecule has 0 aromatic heterocycles. The lowest BCUT2D eigenvalue weighted by molar-refractivity contribution is 0.0944. The topological polar surface area (TPSA) is 29.1 Å². The molecule has 1 aromatic carbocycles. The van der Waals surface area contributed by atoms with E-state index in [-0.39, 0.29) is 11.5 Å². The highest BCUT2D eigenvalue weighted by Crippen LogP contribution is 2.22. The largest absolute Gasteiger partial charge is 0.352 e. The van der Waals surface area contributed by atoms with Gasteiger partial charge in [-0.25, -0.2) is 4.39 Å². The second-order valence-electron chi connectivity index (χ2n) is 4.06. The maximum absolute atomic E-state index is 13.5. The van der Waals surface area contributed by atoms with Crippen molar-refractivity contribution in [3.05, 3.63) is 34.1 Å². The zero-order valence-corrected chi connectivity index (χ0v) is 11.6. The summed E-state index contributed by atoms with van der Waals surface area (Å²) in [6.45, 7) is 0.640. The maximum Gasteiger partial charge on any atom is 0.254 e. The fourth-order valence-electron chi connectivity index (χ4n) is 1.75. The van der Waals surface area contributed by atoms with Crippen LogP contribution in [0.25, 0.3) is 0 Å². The highest BCUT2D eigenvalue weighted by Gasteiger charge is 2.17. The van der Waals surface area contributed by atoms with Gasteiger partial charge in [-0.15, -0.1) is 0 Å². The molecule has 0 aliphatic carbocycles. The van der Waals surface area contributed by atoms with Crippen molar-refractivity contribution in [1.29, 1.82) is 0 Å². The molecule has 1 atom stereocenters. The highest BCUT2D eigenvalue weighted by molar-refractivity contribution is 9.10. The number of carbonyl (C=O) groups is 1. The molecule has 1 aliphatic heterocycles. The zero-order valence-electron chi connectivity index (χ0n) is 9.21. The van der Waals surface area contributed by atoms with Gasteiger partial charge in [0.1, 0.15) is 5.82 Å². The molecule has 2 rings (SSSR count). The summed E-state index contributed by atoms with van der Waals surface area (Å²) in [5.41, 5.74) is 0.110. The van der Waals surface area contributed by atoms with Crippen LogP contribution in [0.1, 0.15) is 16.8 Å². The second kappa shape index (κ2) is 5.87. The minimum Gasteiger partial charge on any atom is -0.352 e. The Balaban J connectivity index is 1.94. The molecule has 92 valence electrons. The Morgan fingerprint density at radius 1 is 1.59 bits per heavy atom. The van der Waals surface area contributed by atoms with Gasteiger partial charge in [-0.1, -0.05) is 15.9 Å². The molecule has 0 saturated carbocycles. The van der Waals surface area contributed by atoms with Crippen LogP contribution in [-0.4, -0.2) is 24.0 Å². The summed E-state index contributed by atoms with van der Waals surface area (Å²) < 4.78 is 14.1. The van der Waals surface area contributed by atoms with Gasteiger partial charge in [0, 0.05) is 11.0 Å². The van der Waals surface area contributed by atoms with Crippen molar-refractivity contribution in [2.75, 3.05) is 18.1 Å². The number of hydrogen-bond donors (Lipinski definition) is 1. The third kappa shape index (κ3) is 3.45. The Morgan fingerprint density at radius 2 is 2.41 bits per heavy atom. The first-order chi connectivity index (χ1) is 8.16. The Morgan fingerprint density at radius 3 is 3.06 bits per heavy atom. The summed E-state index contributed by atoms with van der Waals surface area (Å²) in [5, 5.41) is 2.79. The molecule has 17 heavy (non-hydrogen) atoms. The number of amides is 1. The van der Waals surface area contributed by atoms with E-state index >= 15 is 0 Å². The minimum absolute atomic E-state index is 0.110. The van der Waals surface area contributed by atoms with Gasteiger partial charge in [0.05, 0.1) is 5.56 Å². The van der Waals surface area contributed by atoms with E-state index in [1.807, 2.05) is 11.8 Å². The van der Waals surface area contributed by atoms with Crippen LogP contribution < -0.4 is 5.32 Å². The first kappa shape index (κ1) is 12.9. The minimum atomic E-state index is -0.488. The molecule has 1 aliphatic rings. The quantitative estimate of drug-likeness (QED) is 0.928. The molecule has 5 heteroatoms. The molecule has 1 saturated heterocycles. The van der Waals surface area contributed by atoms with Crippen LogP contribution in [0.4, 0.5) is 4.39 Å². The Bertz CT molecular complexity index is 421. The number of hydrogen-bond acceptors (Lipinski definition) is 2. The molecule has 1 N–H and O–H groups in total. The lowest BCUT2D eigenvalue weighted by Crippen LogP contribution is -2.29. The zero-order chi connectivity index (χ0) is 12.3. The Hall–Kier alpha value is -0.550. The summed E-state index contributed by atoms with van der Waals surface area (Å²) >= 11 is 5.07. The van der Waals surface area contributed by atoms with Crippen molar-refractivity contribution in [1.82, 2.24) is 5.32 Å². The van der Waals surface area contributed by atoms with Crippen LogP contribution in [0, 0.1) is 11.7 Å². The standard InChI is InChI=1S/C12H13BrFNOS/c13-9-1-2-10(11(14)5-9)12(16)15-6-8-3-4-17-7-8/h1-2,5,8H,3-4,6-7H2,(H,15,16). The number of halogens is 2. The number of thioether (sulfide) groups is 1. The van der Waals surface area contributed by atoms with E-state index in [0.29, 0.717) is 16.9 Å². The third-order valence-corrected chi connectivity index (χ3v) is 4.48. The number of benzene rings is 1. The summed E-state index contributed by atoms with van der Waals surface area (Å²) in [6.07, 6.45) is 1.13. The predicted octanol–water partition coefficient (Wildman–Crippen LogP) is 3.07. The SMILES string of the molecule is O=C(NCC1CCSC1)c1ccc(Br)cc1F. The summed E-state index contributed by atoms with van der Waals surface area (Å²) in [5.74, 6) is 1.96. The van der Waals surface area contributed by atoms with E-state index in [0.717, 1.165) is 17.9 Å². The van der Waals surface area contributed by atoms with E-state index in [1.165, 1.54) is 12.1 Å². The number of rotatable bonds is 3. The monoisotopic (exact) mass is 317 g/mol. The summed E-state index contributed by atoms with van der Waals surface area (Å²) in [4.78, 5) is 11.8. The maximum atomic E-state index is 13.5. The van der Waals surface area contributed by atoms with Crippen LogP contribution in [0.3, 0.4) is 0 Å². The molecule has 0 spiro atoms. The fourth-order valence-corrected chi connectivity index (χ4v) is 3.37. The van der Waals surface area contributed by atoms with Gasteiger partial charge in [0.15, 0.2) is 0 Å². The first-order valence-corrected chi connectivity index (χ1v) is 7.42. The van der Waals surface area contributed by atoms with Crippen LogP contribution >= 0.6 is 27.7 Å². The first-order valence-electron chi connectivity index (χ1n) is 5.48. The van der Waals surface area contributed by atoms with Gasteiger partial charge in [0.2, 0.25) is 0 Å². The molecule has 2 nitrogen and oxygen atoms in total. The highest BCUT2D eigenvalue weighted by atomic mass is 79.9. The molecule has 1 aromatic rings. The summed E-state index contributed by atoms with van der Waals surface area (Å²) in [6, 6.07) is 4.47. The van der Waals surface area contributed by atoms with Crippen LogP contribution in [0.5, 0.6) is 0 Å². The normalized spacial score (nSPS) is 19.3. The molecule has 1 heterocycles. The van der Waals surface area contributed by atoms with Crippen molar-refractivity contribution in [2.24, 2.45) is 5.92 Å². The van der Waals surface area contributed by atoms with Gasteiger partial charge in [-0.2, -0.15) is 11.8 Å². The van der Waals surface area contributed by atoms with Crippen molar-refractivity contribution < 1.29 is 9.18 Å². The third-order valence-electron chi connectivity index (χ3n) is 2.75. The Labute approximate surface area is 112 Å². The van der Waals surface area contributed by atoms with E-state index < -0.39 is 5.82 Å². The van der Waals surface area contributed by atoms with Gasteiger partial charge >= 0.3 is 0 Å². The van der Waals surface area contributed by atoms with E-state index in [4.69, 9.17) is 0 Å². The molecular weight excluding hydrogens is 305 g/mol. The molecule has 0 bridgehead atoms. The molecule has 0 radical (unpaired) electrons. The van der Waals surface area contributed by atoms with E-state index in [1.54, 1.807) is 6.07 Å². The second-order valence-corrected chi connectivity index (χ2v) is 6.13. The van der Waals surface area contributed by atoms with Gasteiger partial charge in [-0.05, 0) is 42.0 Å². The molecule has 1 unspecified atom stereocenters. The fraction of sp³-hybridized carbons (Fsp3) is 0.417. The Kier molecular flexibility index (Phi) is 4.45. The predicted molar refractivity (Wildman–Crippen MR) is 71.9 cm³/mol. The van der Waals surface area contributed by atoms with Crippen molar-refractivity contribution >= 4 is 33.6 Å². The molecule has 1 fully saturated rings. The van der Waals surface area contributed by atoms with Crippen LogP contribution in [-0.2, 0) is 0 Å². The smallest absolute Gasteiger partial charge is 0.254 e. The lowest BCUT2D eigenvalue weighted by Gasteiger charge is -2.10. The lowest BCUT2D eigenvalue weighted by atomic mass is 10.1. The van der Waals surface area contributed by atoms with Crippen LogP contribution in [0.2, 0.25) is 0 Å². The van der Waals surface area contributed by atoms with E-state index in [9.17, 15) is 9.18 Å². The summed E-state index contributed by atoms with van der Waals surface area (Å²) in [7, 11) is 0. The van der Waals surface area contributed by atoms with Gasteiger partial charge < -0.3 is 5.32 Å².